The van der Waals surface area contributed by atoms with Crippen LogP contribution in [0.4, 0.5) is 112 Å². The first-order valence-electron chi connectivity index (χ1n) is 29.4. The summed E-state index contributed by atoms with van der Waals surface area (Å²) in [5.41, 5.74) is 10.4. The van der Waals surface area contributed by atoms with Gasteiger partial charge in [-0.3, -0.25) is 48.8 Å². The minimum Gasteiger partial charge on any atom is -0.254 e. The first kappa shape index (κ1) is 95.0. The van der Waals surface area contributed by atoms with Crippen molar-refractivity contribution in [2.75, 3.05) is 42.3 Å². The van der Waals surface area contributed by atoms with E-state index in [0.29, 0.717) is 0 Å². The molecule has 8 heterocycles. The molecule has 42 heteroatoms. The predicted molar refractivity (Wildman–Crippen MR) is 386 cm³/mol. The molecule has 0 spiro atoms. The number of halogens is 24. The summed E-state index contributed by atoms with van der Waals surface area (Å²) < 4.78 is 238. The molecule has 0 unspecified atom stereocenters. The van der Waals surface area contributed by atoms with Gasteiger partial charge in [-0.2, -0.15) is 9.79 Å². The standard InChI is InChI=1S/4C12H8N2.2C9H13NS.2Cd.4F6P/c4*1-3-9-5-6-10-4-2-8-14-12(10)11(9)13-7-1;2*1-10(2,3)8-4-6-9(11)7-5-8;;;4*1-7(2,3,4,5)6/h4*1-8H;2*4-7H,1-3H3;;;;;;/q;;;;;;2*+2;4*-1. The van der Waals surface area contributed by atoms with Gasteiger partial charge in [-0.15, -0.1) is 0 Å². The maximum absolute atomic E-state index is 10.7. The number of nitrogens with zero attached hydrogens (tertiary/aromatic N) is 10. The van der Waals surface area contributed by atoms with Gasteiger partial charge in [-0.25, -0.2) is 0 Å². The number of pyridine rings is 8. The van der Waals surface area contributed by atoms with Gasteiger partial charge in [0.15, 0.2) is 0 Å². The van der Waals surface area contributed by atoms with Crippen LogP contribution in [-0.2, 0) is 79.9 Å². The average molecular weight is 1860 g/mol. The second-order valence-electron chi connectivity index (χ2n) is 23.7. The fourth-order valence-electron chi connectivity index (χ4n) is 8.51. The van der Waals surface area contributed by atoms with Crippen LogP contribution in [0.3, 0.4) is 0 Å². The summed E-state index contributed by atoms with van der Waals surface area (Å²) in [6, 6.07) is 64.7. The predicted octanol–water partition coefficient (Wildman–Crippen LogP) is 28.2. The van der Waals surface area contributed by atoms with Gasteiger partial charge < -0.3 is 25.3 Å². The molecule has 0 saturated carbocycles. The summed E-state index contributed by atoms with van der Waals surface area (Å²) in [6.45, 7) is 0. The Hall–Kier alpha value is -7.16. The molecular formula is C66H58Cd2F24N10P4S2. The van der Waals surface area contributed by atoms with Gasteiger partial charge in [-0.1, -0.05) is 121 Å². The Morgan fingerprint density at radius 3 is 0.417 bits per heavy atom. The number of hydrogen-bond donors (Lipinski definition) is 0. The molecule has 6 aromatic carbocycles. The van der Waals surface area contributed by atoms with Gasteiger partial charge in [0.25, 0.3) is 0 Å². The smallest absolute Gasteiger partial charge is 0.254 e. The zero-order valence-electron chi connectivity index (χ0n) is 56.7. The van der Waals surface area contributed by atoms with E-state index in [2.05, 4.69) is 203 Å². The summed E-state index contributed by atoms with van der Waals surface area (Å²) in [6.07, 6.45) is 14.4. The van der Waals surface area contributed by atoms with Gasteiger partial charge in [0.05, 0.1) is 86.4 Å². The van der Waals surface area contributed by atoms with E-state index in [9.17, 15) is 101 Å². The number of aromatic nitrogens is 8. The normalized spacial score (nSPS) is 14.0. The Balaban J connectivity index is 0.000000315. The number of hydrogen-bond acceptors (Lipinski definition) is 10. The quantitative estimate of drug-likeness (QED) is 0.0415. The fourth-order valence-corrected chi connectivity index (χ4v) is 8.78. The molecule has 0 aliphatic rings. The first-order valence-corrected chi connectivity index (χ1v) is 38.3. The molecule has 8 aromatic heterocycles. The summed E-state index contributed by atoms with van der Waals surface area (Å²) in [5.74, 6) is 0. The summed E-state index contributed by atoms with van der Waals surface area (Å²) in [7, 11) is -29.8. The molecule has 0 aliphatic heterocycles. The Morgan fingerprint density at radius 2 is 0.315 bits per heavy atom. The molecule has 0 fully saturated rings. The van der Waals surface area contributed by atoms with Crippen molar-refractivity contribution in [2.24, 2.45) is 0 Å². The van der Waals surface area contributed by atoms with Crippen LogP contribution >= 0.6 is 31.2 Å². The second kappa shape index (κ2) is 32.7. The van der Waals surface area contributed by atoms with Gasteiger partial charge >= 0.3 is 187 Å². The molecule has 0 aliphatic carbocycles. The van der Waals surface area contributed by atoms with Crippen LogP contribution < -0.4 is 8.97 Å². The van der Waals surface area contributed by atoms with Crippen molar-refractivity contribution in [3.05, 3.63) is 244 Å². The largest absolute Gasteiger partial charge is 2.00 e. The van der Waals surface area contributed by atoms with E-state index in [1.54, 1.807) is 49.6 Å². The van der Waals surface area contributed by atoms with E-state index >= 15 is 0 Å². The van der Waals surface area contributed by atoms with E-state index in [4.69, 9.17) is 25.3 Å². The first-order chi connectivity index (χ1) is 47.6. The Bertz CT molecular complexity index is 4490. The number of fused-ring (bicyclic) bond motifs is 12. The molecule has 0 radical (unpaired) electrons. The molecule has 0 amide bonds. The summed E-state index contributed by atoms with van der Waals surface area (Å²) in [5, 5.41) is 9.10. The van der Waals surface area contributed by atoms with Crippen molar-refractivity contribution in [3.63, 3.8) is 0 Å². The van der Waals surface area contributed by atoms with Crippen molar-refractivity contribution in [1.82, 2.24) is 48.8 Å². The number of rotatable bonds is 2. The van der Waals surface area contributed by atoms with Gasteiger partial charge in [0.2, 0.25) is 0 Å². The maximum atomic E-state index is 9.87. The van der Waals surface area contributed by atoms with E-state index in [1.165, 1.54) is 11.4 Å². The third-order valence-electron chi connectivity index (χ3n) is 12.6. The van der Waals surface area contributed by atoms with Crippen molar-refractivity contribution in [1.29, 1.82) is 0 Å². The minimum atomic E-state index is -10.7. The zero-order chi connectivity index (χ0) is 80.1. The molecule has 0 bridgehead atoms. The van der Waals surface area contributed by atoms with Crippen LogP contribution in [0.5, 0.6) is 0 Å². The third-order valence-corrected chi connectivity index (χ3v) is 13.1. The van der Waals surface area contributed by atoms with Crippen LogP contribution in [0.1, 0.15) is 0 Å². The fraction of sp³-hybridized carbons (Fsp3) is 0.0909. The molecule has 0 N–H and O–H groups in total. The molecule has 14 aromatic rings. The Morgan fingerprint density at radius 1 is 0.204 bits per heavy atom. The maximum Gasteiger partial charge on any atom is 2.00 e. The van der Waals surface area contributed by atoms with Crippen LogP contribution in [0.2, 0.25) is 0 Å². The monoisotopic (exact) mass is 1860 g/mol. The van der Waals surface area contributed by atoms with Crippen molar-refractivity contribution < 1.29 is 155 Å². The number of quaternary nitrogens is 2. The van der Waals surface area contributed by atoms with Gasteiger partial charge in [0.1, 0.15) is 11.4 Å². The molecular weight excluding hydrogens is 1800 g/mol. The summed E-state index contributed by atoms with van der Waals surface area (Å²) >= 11 is 9.98. The zero-order valence-corrected chi connectivity index (χ0v) is 69.9. The van der Waals surface area contributed by atoms with E-state index in [-0.39, 0.29) is 54.6 Å². The molecule has 0 atom stereocenters. The van der Waals surface area contributed by atoms with Crippen LogP contribution in [-0.4, -0.2) is 82.2 Å². The topological polar surface area (TPSA) is 103 Å². The van der Waals surface area contributed by atoms with E-state index < -0.39 is 31.2 Å². The minimum absolute atomic E-state index is 0. The number of benzene rings is 6. The van der Waals surface area contributed by atoms with Gasteiger partial charge in [0, 0.05) is 92.7 Å². The van der Waals surface area contributed by atoms with Gasteiger partial charge in [-0.05, 0) is 72.8 Å². The van der Waals surface area contributed by atoms with Crippen LogP contribution in [0.15, 0.2) is 253 Å². The van der Waals surface area contributed by atoms with Crippen molar-refractivity contribution in [2.45, 2.75) is 9.79 Å². The second-order valence-corrected chi connectivity index (χ2v) is 32.3. The third kappa shape index (κ3) is 42.7. The van der Waals surface area contributed by atoms with Crippen LogP contribution in [0.25, 0.3) is 87.2 Å². The van der Waals surface area contributed by atoms with Crippen LogP contribution in [0, 0.1) is 0 Å². The van der Waals surface area contributed by atoms with E-state index in [0.717, 1.165) is 106 Å². The SMILES string of the molecule is C[N+](C)(C)c1ccc([S-])cc1.C[N+](C)(C)c1ccc([S-])cc1.F[P-](F)(F)(F)(F)F.F[P-](F)(F)(F)(F)F.F[P-](F)(F)(F)(F)F.F[P-](F)(F)(F)(F)F.[Cd+2].[Cd+2].c1cnc2c(c1)ccc1cccnc12.c1cnc2c(c1)ccc1cccnc12.c1cnc2c(c1)ccc1cccnc12.c1cnc2c(c1)ccc1cccnc12. The molecule has 14 rings (SSSR count). The molecule has 108 heavy (non-hydrogen) atoms. The molecule has 10 nitrogen and oxygen atoms in total. The van der Waals surface area contributed by atoms with Crippen molar-refractivity contribution >= 4 is 155 Å². The Labute approximate surface area is 650 Å². The van der Waals surface area contributed by atoms with Crippen molar-refractivity contribution in [3.8, 4) is 0 Å². The molecule has 0 saturated heterocycles. The van der Waals surface area contributed by atoms with E-state index in [1.807, 2.05) is 72.8 Å². The molecule has 576 valence electrons. The summed E-state index contributed by atoms with van der Waals surface area (Å²) in [4.78, 5) is 36.6. The Kier molecular flexibility index (Phi) is 28.7. The average Bonchev–Trinajstić information content (AvgIpc) is 0.788.